The number of hydrogen-bond acceptors (Lipinski definition) is 7. The monoisotopic (exact) mass is 569 g/mol. The SMILES string of the molecule is C=C(C)C(=O)OC(CCC)CC(C(O)COC(=O)CCc1ccccc1-n1nc2ccc(Cl)cc2n1)C(C)(C)C. The van der Waals surface area contributed by atoms with Crippen LogP contribution in [-0.2, 0) is 25.5 Å². The van der Waals surface area contributed by atoms with E-state index < -0.39 is 18.0 Å². The molecule has 1 aromatic heterocycles. The molecule has 3 atom stereocenters. The van der Waals surface area contributed by atoms with E-state index in [1.54, 1.807) is 23.9 Å². The van der Waals surface area contributed by atoms with Crippen molar-refractivity contribution in [1.82, 2.24) is 15.0 Å². The van der Waals surface area contributed by atoms with Crippen LogP contribution in [0.4, 0.5) is 0 Å². The third-order valence-corrected chi connectivity index (χ3v) is 7.12. The molecule has 0 saturated heterocycles. The minimum atomic E-state index is -0.911. The van der Waals surface area contributed by atoms with Crippen LogP contribution in [0, 0.1) is 11.3 Å². The van der Waals surface area contributed by atoms with E-state index >= 15 is 0 Å². The number of hydrogen-bond donors (Lipinski definition) is 1. The summed E-state index contributed by atoms with van der Waals surface area (Å²) in [5, 5.41) is 20.7. The van der Waals surface area contributed by atoms with Crippen molar-refractivity contribution >= 4 is 34.6 Å². The number of aliphatic hydroxyl groups is 1. The normalized spacial score (nSPS) is 14.0. The minimum absolute atomic E-state index is 0.130. The number of aliphatic hydroxyl groups excluding tert-OH is 1. The zero-order chi connectivity index (χ0) is 29.4. The van der Waals surface area contributed by atoms with Crippen LogP contribution >= 0.6 is 11.6 Å². The Kier molecular flexibility index (Phi) is 10.9. The average Bonchev–Trinajstić information content (AvgIpc) is 3.31. The first-order valence-corrected chi connectivity index (χ1v) is 14.1. The van der Waals surface area contributed by atoms with Crippen molar-refractivity contribution in [3.8, 4) is 5.69 Å². The number of para-hydroxylation sites is 1. The Labute approximate surface area is 241 Å². The number of halogens is 1. The highest BCUT2D eigenvalue weighted by Gasteiger charge is 2.35. The average molecular weight is 570 g/mol. The van der Waals surface area contributed by atoms with Crippen molar-refractivity contribution in [3.05, 3.63) is 65.2 Å². The largest absolute Gasteiger partial charge is 0.463 e. The van der Waals surface area contributed by atoms with Crippen molar-refractivity contribution in [1.29, 1.82) is 0 Å². The number of fused-ring (bicyclic) bond motifs is 1. The Morgan fingerprint density at radius 3 is 2.50 bits per heavy atom. The number of carbonyl (C=O) groups excluding carboxylic acids is 2. The second-order valence-electron chi connectivity index (χ2n) is 11.3. The van der Waals surface area contributed by atoms with Crippen LogP contribution in [0.5, 0.6) is 0 Å². The molecule has 216 valence electrons. The first-order valence-electron chi connectivity index (χ1n) is 13.7. The molecule has 3 rings (SSSR count). The smallest absolute Gasteiger partial charge is 0.333 e. The van der Waals surface area contributed by atoms with E-state index in [1.807, 2.05) is 58.0 Å². The summed E-state index contributed by atoms with van der Waals surface area (Å²) in [6, 6.07) is 12.9. The molecule has 3 aromatic rings. The van der Waals surface area contributed by atoms with E-state index in [4.69, 9.17) is 21.1 Å². The molecule has 2 aromatic carbocycles. The van der Waals surface area contributed by atoms with E-state index in [2.05, 4.69) is 16.8 Å². The van der Waals surface area contributed by atoms with E-state index in [0.29, 0.717) is 35.4 Å². The molecule has 0 spiro atoms. The Balaban J connectivity index is 1.62. The summed E-state index contributed by atoms with van der Waals surface area (Å²) in [6.07, 6.45) is 1.24. The fourth-order valence-corrected chi connectivity index (χ4v) is 4.85. The van der Waals surface area contributed by atoms with Crippen LogP contribution in [0.25, 0.3) is 16.7 Å². The van der Waals surface area contributed by atoms with Crippen LogP contribution in [0.3, 0.4) is 0 Å². The molecule has 8 nitrogen and oxygen atoms in total. The number of aromatic nitrogens is 3. The van der Waals surface area contributed by atoms with Crippen molar-refractivity contribution < 1.29 is 24.2 Å². The number of nitrogens with zero attached hydrogens (tertiary/aromatic N) is 3. The third kappa shape index (κ3) is 8.63. The van der Waals surface area contributed by atoms with Gasteiger partial charge in [0.05, 0.1) is 11.8 Å². The molecule has 0 aliphatic carbocycles. The molecule has 9 heteroatoms. The van der Waals surface area contributed by atoms with Gasteiger partial charge in [-0.3, -0.25) is 4.79 Å². The Bertz CT molecular complexity index is 1330. The molecular formula is C31H40ClN3O5. The maximum Gasteiger partial charge on any atom is 0.333 e. The van der Waals surface area contributed by atoms with Gasteiger partial charge < -0.3 is 14.6 Å². The van der Waals surface area contributed by atoms with Gasteiger partial charge in [-0.25, -0.2) is 4.79 Å². The number of ether oxygens (including phenoxy) is 2. The zero-order valence-electron chi connectivity index (χ0n) is 24.0. The summed E-state index contributed by atoms with van der Waals surface area (Å²) < 4.78 is 11.1. The van der Waals surface area contributed by atoms with Crippen LogP contribution in [0.1, 0.15) is 65.9 Å². The van der Waals surface area contributed by atoms with Gasteiger partial charge in [0.25, 0.3) is 0 Å². The number of aryl methyl sites for hydroxylation is 1. The van der Waals surface area contributed by atoms with Crippen molar-refractivity contribution in [3.63, 3.8) is 0 Å². The summed E-state index contributed by atoms with van der Waals surface area (Å²) in [5.74, 6) is -1.11. The second kappa shape index (κ2) is 13.9. The van der Waals surface area contributed by atoms with E-state index in [9.17, 15) is 14.7 Å². The number of carbonyl (C=O) groups is 2. The molecule has 1 heterocycles. The number of esters is 2. The van der Waals surface area contributed by atoms with Crippen molar-refractivity contribution in [2.45, 2.75) is 78.9 Å². The van der Waals surface area contributed by atoms with Crippen LogP contribution in [0.2, 0.25) is 5.02 Å². The molecule has 0 radical (unpaired) electrons. The van der Waals surface area contributed by atoms with Crippen LogP contribution in [-0.4, -0.2) is 50.9 Å². The first kappa shape index (κ1) is 31.3. The molecule has 3 unspecified atom stereocenters. The highest BCUT2D eigenvalue weighted by Crippen LogP contribution is 2.34. The van der Waals surface area contributed by atoms with E-state index in [1.165, 1.54) is 0 Å². The van der Waals surface area contributed by atoms with Gasteiger partial charge in [0, 0.05) is 17.0 Å². The quantitative estimate of drug-likeness (QED) is 0.192. The highest BCUT2D eigenvalue weighted by atomic mass is 35.5. The van der Waals surface area contributed by atoms with Crippen LogP contribution in [0.15, 0.2) is 54.6 Å². The molecule has 0 amide bonds. The second-order valence-corrected chi connectivity index (χ2v) is 11.7. The maximum atomic E-state index is 12.7. The van der Waals surface area contributed by atoms with E-state index in [-0.39, 0.29) is 30.5 Å². The molecule has 1 N–H and O–H groups in total. The maximum absolute atomic E-state index is 12.7. The van der Waals surface area contributed by atoms with Crippen LogP contribution < -0.4 is 0 Å². The molecule has 0 aliphatic rings. The highest BCUT2D eigenvalue weighted by molar-refractivity contribution is 6.31. The lowest BCUT2D eigenvalue weighted by Gasteiger charge is -2.36. The lowest BCUT2D eigenvalue weighted by atomic mass is 9.74. The first-order chi connectivity index (χ1) is 18.9. The predicted molar refractivity (Wildman–Crippen MR) is 156 cm³/mol. The fourth-order valence-electron chi connectivity index (χ4n) is 4.69. The van der Waals surface area contributed by atoms with Gasteiger partial charge in [0.15, 0.2) is 0 Å². The lowest BCUT2D eigenvalue weighted by molar-refractivity contribution is -0.151. The van der Waals surface area contributed by atoms with Gasteiger partial charge in [0.1, 0.15) is 23.7 Å². The van der Waals surface area contributed by atoms with Gasteiger partial charge >= 0.3 is 11.9 Å². The Morgan fingerprint density at radius 2 is 1.82 bits per heavy atom. The van der Waals surface area contributed by atoms with Crippen molar-refractivity contribution in [2.75, 3.05) is 6.61 Å². The number of benzene rings is 2. The topological polar surface area (TPSA) is 104 Å². The van der Waals surface area contributed by atoms with Gasteiger partial charge in [-0.15, -0.1) is 10.2 Å². The van der Waals surface area contributed by atoms with E-state index in [0.717, 1.165) is 23.2 Å². The summed E-state index contributed by atoms with van der Waals surface area (Å²) in [5.41, 5.74) is 3.08. The summed E-state index contributed by atoms with van der Waals surface area (Å²) in [6.45, 7) is 13.2. The molecule has 0 fully saturated rings. The number of rotatable bonds is 13. The molecule has 0 aliphatic heterocycles. The zero-order valence-corrected chi connectivity index (χ0v) is 24.8. The summed E-state index contributed by atoms with van der Waals surface area (Å²) in [7, 11) is 0. The van der Waals surface area contributed by atoms with Crippen molar-refractivity contribution in [2.24, 2.45) is 11.3 Å². The lowest BCUT2D eigenvalue weighted by Crippen LogP contribution is -2.39. The third-order valence-electron chi connectivity index (χ3n) is 6.89. The summed E-state index contributed by atoms with van der Waals surface area (Å²) >= 11 is 6.09. The summed E-state index contributed by atoms with van der Waals surface area (Å²) in [4.78, 5) is 26.4. The molecule has 40 heavy (non-hydrogen) atoms. The molecule has 0 saturated carbocycles. The fraction of sp³-hybridized carbons (Fsp3) is 0.484. The minimum Gasteiger partial charge on any atom is -0.463 e. The standard InChI is InChI=1S/C31H40ClN3O5/c1-7-10-23(40-30(38)20(2)3)18-24(31(4,5)6)28(36)19-39-29(37)16-13-21-11-8-9-12-27(21)35-33-25-15-14-22(32)17-26(25)34-35/h8-9,11-12,14-15,17,23-24,28,36H,2,7,10,13,16,18-19H2,1,3-6H3. The molecule has 0 bridgehead atoms. The molecular weight excluding hydrogens is 530 g/mol. The predicted octanol–water partition coefficient (Wildman–Crippen LogP) is 6.25. The Morgan fingerprint density at radius 1 is 1.12 bits per heavy atom. The van der Waals surface area contributed by atoms with Gasteiger partial charge in [-0.2, -0.15) is 4.80 Å². The van der Waals surface area contributed by atoms with Gasteiger partial charge in [0.2, 0.25) is 0 Å². The Hall–Kier alpha value is -3.23. The van der Waals surface area contributed by atoms with Gasteiger partial charge in [-0.1, -0.05) is 70.5 Å². The van der Waals surface area contributed by atoms with Gasteiger partial charge in [-0.05, 0) is 67.3 Å².